The van der Waals surface area contributed by atoms with Crippen molar-refractivity contribution in [2.45, 2.75) is 32.6 Å². The van der Waals surface area contributed by atoms with Gasteiger partial charge in [0.1, 0.15) is 0 Å². The molecule has 0 saturated heterocycles. The summed E-state index contributed by atoms with van der Waals surface area (Å²) in [5, 5.41) is 6.24. The number of unbranched alkanes of at least 4 members (excludes halogenated alkanes) is 1. The second-order valence-corrected chi connectivity index (χ2v) is 4.74. The van der Waals surface area contributed by atoms with Crippen LogP contribution in [-0.4, -0.2) is 16.6 Å². The molecular formula is C15H15ClN2O. The molecule has 0 N–H and O–H groups in total. The monoisotopic (exact) mass is 274 g/mol. The highest BCUT2D eigenvalue weighted by Crippen LogP contribution is 2.17. The van der Waals surface area contributed by atoms with Crippen LogP contribution in [0.25, 0.3) is 0 Å². The van der Waals surface area contributed by atoms with E-state index in [4.69, 9.17) is 11.6 Å². The first-order valence-electron chi connectivity index (χ1n) is 6.35. The lowest BCUT2D eigenvalue weighted by molar-refractivity contribution is -0.128. The van der Waals surface area contributed by atoms with E-state index in [9.17, 15) is 4.79 Å². The van der Waals surface area contributed by atoms with Crippen molar-refractivity contribution in [3.8, 4) is 12.0 Å². The highest BCUT2D eigenvalue weighted by molar-refractivity contribution is 6.31. The van der Waals surface area contributed by atoms with Gasteiger partial charge in [0.05, 0.1) is 5.71 Å². The quantitative estimate of drug-likeness (QED) is 0.761. The van der Waals surface area contributed by atoms with E-state index in [0.29, 0.717) is 17.9 Å². The van der Waals surface area contributed by atoms with Crippen molar-refractivity contribution < 1.29 is 4.79 Å². The molecule has 3 nitrogen and oxygen atoms in total. The maximum Gasteiger partial charge on any atom is 0.255 e. The van der Waals surface area contributed by atoms with Crippen molar-refractivity contribution in [3.05, 3.63) is 34.9 Å². The zero-order valence-electron chi connectivity index (χ0n) is 10.8. The third-order valence-corrected chi connectivity index (χ3v) is 2.99. The number of halogens is 1. The first kappa shape index (κ1) is 13.6. The maximum absolute atomic E-state index is 11.7. The molecule has 0 fully saturated rings. The van der Waals surface area contributed by atoms with Gasteiger partial charge in [-0.15, -0.1) is 0 Å². The first-order chi connectivity index (χ1) is 9.20. The van der Waals surface area contributed by atoms with E-state index >= 15 is 0 Å². The average Bonchev–Trinajstić information content (AvgIpc) is 2.41. The van der Waals surface area contributed by atoms with E-state index in [1.54, 1.807) is 0 Å². The molecule has 0 saturated carbocycles. The molecule has 0 radical (unpaired) electrons. The summed E-state index contributed by atoms with van der Waals surface area (Å²) in [6.45, 7) is 2.05. The zero-order chi connectivity index (χ0) is 13.7. The number of amides is 1. The summed E-state index contributed by atoms with van der Waals surface area (Å²) in [7, 11) is 0. The van der Waals surface area contributed by atoms with Gasteiger partial charge in [-0.05, 0) is 24.1 Å². The fourth-order valence-corrected chi connectivity index (χ4v) is 1.96. The largest absolute Gasteiger partial charge is 0.272 e. The molecule has 0 bridgehead atoms. The van der Waals surface area contributed by atoms with Crippen LogP contribution in [-0.2, 0) is 4.79 Å². The lowest BCUT2D eigenvalue weighted by Crippen LogP contribution is -2.28. The predicted octanol–water partition coefficient (Wildman–Crippen LogP) is 3.43. The van der Waals surface area contributed by atoms with Crippen molar-refractivity contribution in [1.29, 1.82) is 0 Å². The Hall–Kier alpha value is -1.79. The van der Waals surface area contributed by atoms with Crippen LogP contribution in [0.3, 0.4) is 0 Å². The smallest absolute Gasteiger partial charge is 0.255 e. The second-order valence-electron chi connectivity index (χ2n) is 4.30. The summed E-state index contributed by atoms with van der Waals surface area (Å²) < 4.78 is 0. The van der Waals surface area contributed by atoms with Crippen LogP contribution in [0.5, 0.6) is 0 Å². The number of hydrogen-bond donors (Lipinski definition) is 0. The van der Waals surface area contributed by atoms with E-state index in [1.807, 2.05) is 31.2 Å². The number of benzene rings is 1. The molecule has 1 aliphatic heterocycles. The summed E-state index contributed by atoms with van der Waals surface area (Å²) in [6, 6.07) is 10.3. The molecule has 0 aromatic heterocycles. The highest BCUT2D eigenvalue weighted by atomic mass is 35.5. The van der Waals surface area contributed by atoms with Gasteiger partial charge < -0.3 is 0 Å². The molecule has 98 valence electrons. The first-order valence-corrected chi connectivity index (χ1v) is 6.73. The Kier molecular flexibility index (Phi) is 4.59. The minimum absolute atomic E-state index is 0.0469. The normalized spacial score (nSPS) is 14.7. The topological polar surface area (TPSA) is 32.7 Å². The van der Waals surface area contributed by atoms with Crippen molar-refractivity contribution in [1.82, 2.24) is 5.01 Å². The molecule has 0 spiro atoms. The molecule has 0 atom stereocenters. The molecule has 0 aliphatic carbocycles. The summed E-state index contributed by atoms with van der Waals surface area (Å²) in [4.78, 5) is 11.7. The van der Waals surface area contributed by atoms with Gasteiger partial charge in [0.2, 0.25) is 0 Å². The fourth-order valence-electron chi connectivity index (χ4n) is 1.77. The minimum Gasteiger partial charge on any atom is -0.272 e. The number of carbonyl (C=O) groups is 1. The lowest BCUT2D eigenvalue weighted by atomic mass is 10.0. The van der Waals surface area contributed by atoms with Gasteiger partial charge in [0, 0.05) is 30.3 Å². The molecule has 4 heteroatoms. The molecule has 1 aromatic carbocycles. The molecule has 2 rings (SSSR count). The molecular weight excluding hydrogens is 260 g/mol. The lowest BCUT2D eigenvalue weighted by Gasteiger charge is -2.18. The SMILES string of the molecule is CCCC#CN1N=C(c2cccc(Cl)c2)CCC1=O. The minimum atomic E-state index is -0.0469. The third kappa shape index (κ3) is 3.59. The number of rotatable bonds is 2. The summed E-state index contributed by atoms with van der Waals surface area (Å²) in [6.07, 6.45) is 2.81. The maximum atomic E-state index is 11.7. The molecule has 1 aliphatic rings. The predicted molar refractivity (Wildman–Crippen MR) is 76.8 cm³/mol. The Labute approximate surface area is 118 Å². The van der Waals surface area contributed by atoms with Crippen molar-refractivity contribution >= 4 is 23.2 Å². The van der Waals surface area contributed by atoms with Gasteiger partial charge in [-0.1, -0.05) is 36.6 Å². The van der Waals surface area contributed by atoms with Gasteiger partial charge in [0.15, 0.2) is 0 Å². The van der Waals surface area contributed by atoms with Gasteiger partial charge >= 0.3 is 0 Å². The molecule has 1 amide bonds. The fraction of sp³-hybridized carbons (Fsp3) is 0.333. The Morgan fingerprint density at radius 1 is 1.42 bits per heavy atom. The van der Waals surface area contributed by atoms with E-state index < -0.39 is 0 Å². The van der Waals surface area contributed by atoms with Crippen LogP contribution >= 0.6 is 11.6 Å². The van der Waals surface area contributed by atoms with Crippen LogP contribution in [0.15, 0.2) is 29.4 Å². The van der Waals surface area contributed by atoms with Crippen LogP contribution in [0.4, 0.5) is 0 Å². The van der Waals surface area contributed by atoms with E-state index in [2.05, 4.69) is 17.1 Å². The van der Waals surface area contributed by atoms with Gasteiger partial charge in [-0.2, -0.15) is 10.1 Å². The molecule has 19 heavy (non-hydrogen) atoms. The summed E-state index contributed by atoms with van der Waals surface area (Å²) in [5.41, 5.74) is 1.80. The molecule has 0 unspecified atom stereocenters. The van der Waals surface area contributed by atoms with Crippen LogP contribution < -0.4 is 0 Å². The van der Waals surface area contributed by atoms with E-state index in [1.165, 1.54) is 5.01 Å². The number of hydrazone groups is 1. The van der Waals surface area contributed by atoms with Crippen LogP contribution in [0.2, 0.25) is 5.02 Å². The average molecular weight is 275 g/mol. The van der Waals surface area contributed by atoms with E-state index in [0.717, 1.165) is 24.1 Å². The highest BCUT2D eigenvalue weighted by Gasteiger charge is 2.20. The van der Waals surface area contributed by atoms with Crippen molar-refractivity contribution in [2.24, 2.45) is 5.10 Å². The molecule has 1 aromatic rings. The van der Waals surface area contributed by atoms with Gasteiger partial charge in [0.25, 0.3) is 5.91 Å². The van der Waals surface area contributed by atoms with Crippen molar-refractivity contribution in [3.63, 3.8) is 0 Å². The summed E-state index contributed by atoms with van der Waals surface area (Å²) in [5.74, 6) is 2.89. The van der Waals surface area contributed by atoms with Crippen LogP contribution in [0.1, 0.15) is 38.2 Å². The number of nitrogens with zero attached hydrogens (tertiary/aromatic N) is 2. The summed E-state index contributed by atoms with van der Waals surface area (Å²) >= 11 is 5.97. The zero-order valence-corrected chi connectivity index (χ0v) is 11.6. The Morgan fingerprint density at radius 2 is 2.26 bits per heavy atom. The van der Waals surface area contributed by atoms with Crippen LogP contribution in [0, 0.1) is 12.0 Å². The van der Waals surface area contributed by atoms with Crippen molar-refractivity contribution in [2.75, 3.05) is 0 Å². The number of carbonyl (C=O) groups excluding carboxylic acids is 1. The second kappa shape index (κ2) is 6.40. The third-order valence-electron chi connectivity index (χ3n) is 2.75. The standard InChI is InChI=1S/C15H15ClN2O/c1-2-3-4-10-18-15(19)9-8-14(17-18)12-6-5-7-13(16)11-12/h5-7,11H,2-3,8-9H2,1H3. The van der Waals surface area contributed by atoms with E-state index in [-0.39, 0.29) is 5.91 Å². The Bertz CT molecular complexity index is 569. The van der Waals surface area contributed by atoms with Gasteiger partial charge in [-0.25, -0.2) is 0 Å². The van der Waals surface area contributed by atoms with Gasteiger partial charge in [-0.3, -0.25) is 4.79 Å². The Morgan fingerprint density at radius 3 is 3.00 bits per heavy atom. The number of hydrogen-bond acceptors (Lipinski definition) is 2. The Balaban J connectivity index is 2.24. The molecule has 1 heterocycles.